The van der Waals surface area contributed by atoms with Gasteiger partial charge in [-0.25, -0.2) is 13.2 Å². The average Bonchev–Trinajstić information content (AvgIpc) is 2.40. The Balaban J connectivity index is 2.51. The van der Waals surface area contributed by atoms with Crippen LogP contribution in [-0.4, -0.2) is 43.1 Å². The first-order chi connectivity index (χ1) is 7.24. The van der Waals surface area contributed by atoms with Crippen LogP contribution in [0.3, 0.4) is 0 Å². The topological polar surface area (TPSA) is 83.5 Å². The molecule has 0 spiro atoms. The average molecular weight is 247 g/mol. The van der Waals surface area contributed by atoms with E-state index in [9.17, 15) is 13.2 Å². The normalized spacial score (nSPS) is 29.2. The summed E-state index contributed by atoms with van der Waals surface area (Å²) in [6, 6.07) is 0. The Labute approximate surface area is 95.5 Å². The summed E-state index contributed by atoms with van der Waals surface area (Å²) in [5, 5.41) is 11.7. The summed E-state index contributed by atoms with van der Waals surface area (Å²) in [4.78, 5) is 10.5. The molecule has 1 saturated heterocycles. The van der Waals surface area contributed by atoms with E-state index in [0.29, 0.717) is 13.0 Å². The Kier molecular flexibility index (Phi) is 3.75. The van der Waals surface area contributed by atoms with E-state index in [1.807, 2.05) is 6.92 Å². The van der Waals surface area contributed by atoms with Crippen molar-refractivity contribution in [1.82, 2.24) is 5.32 Å². The van der Waals surface area contributed by atoms with Gasteiger partial charge < -0.3 is 10.4 Å². The molecule has 1 fully saturated rings. The summed E-state index contributed by atoms with van der Waals surface area (Å²) in [6.45, 7) is 3.74. The molecule has 1 aliphatic rings. The predicted molar refractivity (Wildman–Crippen MR) is 61.1 cm³/mol. The van der Waals surface area contributed by atoms with Gasteiger partial charge in [0.1, 0.15) is 0 Å². The number of rotatable bonds is 4. The van der Waals surface area contributed by atoms with Gasteiger partial charge >= 0.3 is 5.97 Å². The van der Waals surface area contributed by atoms with Crippen LogP contribution in [0, 0.1) is 0 Å². The molecule has 0 radical (unpaired) electrons. The number of hydrogen-bond acceptors (Lipinski definition) is 4. The van der Waals surface area contributed by atoms with Gasteiger partial charge in [-0.05, 0) is 20.3 Å². The van der Waals surface area contributed by atoms with Gasteiger partial charge in [-0.1, -0.05) is 6.08 Å². The summed E-state index contributed by atoms with van der Waals surface area (Å²) >= 11 is 0. The maximum absolute atomic E-state index is 11.3. The molecule has 1 heterocycles. The molecule has 1 rings (SSSR count). The first kappa shape index (κ1) is 13.2. The molecule has 1 atom stereocenters. The zero-order chi connectivity index (χ0) is 12.4. The Morgan fingerprint density at radius 2 is 2.19 bits per heavy atom. The van der Waals surface area contributed by atoms with Crippen LogP contribution in [0.2, 0.25) is 0 Å². The smallest absolute Gasteiger partial charge is 0.330 e. The fourth-order valence-corrected chi connectivity index (χ4v) is 3.81. The van der Waals surface area contributed by atoms with Crippen molar-refractivity contribution in [3.63, 3.8) is 0 Å². The second-order valence-electron chi connectivity index (χ2n) is 4.48. The third kappa shape index (κ3) is 3.61. The van der Waals surface area contributed by atoms with Crippen molar-refractivity contribution in [1.29, 1.82) is 0 Å². The minimum atomic E-state index is -2.92. The van der Waals surface area contributed by atoms with Gasteiger partial charge in [0, 0.05) is 17.7 Å². The van der Waals surface area contributed by atoms with Gasteiger partial charge in [-0.15, -0.1) is 0 Å². The Morgan fingerprint density at radius 1 is 1.56 bits per heavy atom. The van der Waals surface area contributed by atoms with E-state index < -0.39 is 21.3 Å². The number of hydrogen-bond donors (Lipinski definition) is 2. The Hall–Kier alpha value is -0.880. The highest BCUT2D eigenvalue weighted by Gasteiger charge is 2.37. The van der Waals surface area contributed by atoms with Gasteiger partial charge in [-0.2, -0.15) is 0 Å². The Bertz CT molecular complexity index is 413. The van der Waals surface area contributed by atoms with Crippen molar-refractivity contribution < 1.29 is 18.3 Å². The molecule has 0 saturated carbocycles. The van der Waals surface area contributed by atoms with E-state index >= 15 is 0 Å². The summed E-state index contributed by atoms with van der Waals surface area (Å²) < 4.78 is 22.6. The summed E-state index contributed by atoms with van der Waals surface area (Å²) in [5.74, 6) is -0.621. The largest absolute Gasteiger partial charge is 0.478 e. The minimum Gasteiger partial charge on any atom is -0.478 e. The molecular formula is C10H17NO4S. The molecular weight excluding hydrogens is 230 g/mol. The van der Waals surface area contributed by atoms with Gasteiger partial charge in [-0.3, -0.25) is 0 Å². The van der Waals surface area contributed by atoms with E-state index in [4.69, 9.17) is 5.11 Å². The molecule has 0 aromatic heterocycles. The summed E-state index contributed by atoms with van der Waals surface area (Å²) in [5.41, 5.74) is -0.161. The fraction of sp³-hybridized carbons (Fsp3) is 0.700. The van der Waals surface area contributed by atoms with E-state index in [0.717, 1.165) is 0 Å². The molecule has 0 amide bonds. The lowest BCUT2D eigenvalue weighted by Crippen LogP contribution is -2.43. The summed E-state index contributed by atoms with van der Waals surface area (Å²) in [6.07, 6.45) is 2.13. The van der Waals surface area contributed by atoms with Crippen molar-refractivity contribution >= 4 is 15.8 Å². The van der Waals surface area contributed by atoms with Gasteiger partial charge in [0.05, 0.1) is 11.5 Å². The van der Waals surface area contributed by atoms with E-state index in [1.54, 1.807) is 6.08 Å². The number of carboxylic acids is 1. The lowest BCUT2D eigenvalue weighted by Gasteiger charge is -2.22. The second kappa shape index (κ2) is 4.55. The molecule has 0 aromatic rings. The van der Waals surface area contributed by atoms with Crippen molar-refractivity contribution in [2.45, 2.75) is 25.8 Å². The third-order valence-electron chi connectivity index (χ3n) is 2.78. The van der Waals surface area contributed by atoms with Crippen LogP contribution in [0.4, 0.5) is 0 Å². The van der Waals surface area contributed by atoms with E-state index in [1.165, 1.54) is 6.92 Å². The van der Waals surface area contributed by atoms with Crippen LogP contribution in [-0.2, 0) is 14.6 Å². The number of aliphatic carboxylic acids is 1. The molecule has 1 unspecified atom stereocenters. The molecule has 2 N–H and O–H groups in total. The fourth-order valence-electron chi connectivity index (χ4n) is 1.69. The Morgan fingerprint density at radius 3 is 2.62 bits per heavy atom. The van der Waals surface area contributed by atoms with Crippen LogP contribution in [0.5, 0.6) is 0 Å². The third-order valence-corrected chi connectivity index (χ3v) is 4.68. The van der Waals surface area contributed by atoms with Crippen LogP contribution >= 0.6 is 0 Å². The van der Waals surface area contributed by atoms with Crippen molar-refractivity contribution in [3.05, 3.63) is 11.6 Å². The SMILES string of the molecule is CC(=CCNC1(C)CCS(=O)(=O)C1)C(=O)O. The summed E-state index contributed by atoms with van der Waals surface area (Å²) in [7, 11) is -2.92. The molecule has 5 nitrogen and oxygen atoms in total. The predicted octanol–water partition coefficient (Wildman–Crippen LogP) is 0.184. The molecule has 92 valence electrons. The first-order valence-electron chi connectivity index (χ1n) is 5.10. The van der Waals surface area contributed by atoms with E-state index in [2.05, 4.69) is 5.32 Å². The van der Waals surface area contributed by atoms with Crippen molar-refractivity contribution in [3.8, 4) is 0 Å². The van der Waals surface area contributed by atoms with Crippen LogP contribution in [0.1, 0.15) is 20.3 Å². The maximum atomic E-state index is 11.3. The van der Waals surface area contributed by atoms with Crippen molar-refractivity contribution in [2.75, 3.05) is 18.1 Å². The highest BCUT2D eigenvalue weighted by Crippen LogP contribution is 2.22. The molecule has 0 bridgehead atoms. The molecule has 1 aliphatic heterocycles. The second-order valence-corrected chi connectivity index (χ2v) is 6.66. The van der Waals surface area contributed by atoms with Gasteiger partial charge in [0.15, 0.2) is 9.84 Å². The van der Waals surface area contributed by atoms with Crippen molar-refractivity contribution in [2.24, 2.45) is 0 Å². The highest BCUT2D eigenvalue weighted by atomic mass is 32.2. The lowest BCUT2D eigenvalue weighted by atomic mass is 10.0. The molecule has 6 heteroatoms. The first-order valence-corrected chi connectivity index (χ1v) is 6.92. The number of carboxylic acid groups (broad SMARTS) is 1. The standard InChI is InChI=1S/C10H17NO4S/c1-8(9(12)13)3-5-11-10(2)4-6-16(14,15)7-10/h3,11H,4-7H2,1-2H3,(H,12,13). The minimum absolute atomic E-state index is 0.125. The monoisotopic (exact) mass is 247 g/mol. The maximum Gasteiger partial charge on any atom is 0.330 e. The highest BCUT2D eigenvalue weighted by molar-refractivity contribution is 7.91. The quantitative estimate of drug-likeness (QED) is 0.693. The molecule has 0 aromatic carbocycles. The molecule has 16 heavy (non-hydrogen) atoms. The molecule has 0 aliphatic carbocycles. The zero-order valence-corrected chi connectivity index (χ0v) is 10.3. The van der Waals surface area contributed by atoms with Gasteiger partial charge in [0.2, 0.25) is 0 Å². The van der Waals surface area contributed by atoms with Crippen LogP contribution < -0.4 is 5.32 Å². The zero-order valence-electron chi connectivity index (χ0n) is 9.49. The van der Waals surface area contributed by atoms with Crippen LogP contribution in [0.15, 0.2) is 11.6 Å². The number of nitrogens with one attached hydrogen (secondary N) is 1. The number of sulfone groups is 1. The number of carbonyl (C=O) groups is 1. The van der Waals surface area contributed by atoms with Crippen LogP contribution in [0.25, 0.3) is 0 Å². The lowest BCUT2D eigenvalue weighted by molar-refractivity contribution is -0.132. The van der Waals surface area contributed by atoms with E-state index in [-0.39, 0.29) is 17.1 Å². The van der Waals surface area contributed by atoms with Gasteiger partial charge in [0.25, 0.3) is 0 Å².